The lowest BCUT2D eigenvalue weighted by molar-refractivity contribution is -0.384. The van der Waals surface area contributed by atoms with Crippen molar-refractivity contribution < 1.29 is 19.6 Å². The Labute approximate surface area is 122 Å². The molecule has 0 bridgehead atoms. The van der Waals surface area contributed by atoms with Crippen LogP contribution in [-0.2, 0) is 4.74 Å². The van der Waals surface area contributed by atoms with Crippen LogP contribution in [0.1, 0.15) is 36.5 Å². The minimum absolute atomic E-state index is 0.0681. The molecule has 0 unspecified atom stereocenters. The van der Waals surface area contributed by atoms with Crippen LogP contribution in [0.25, 0.3) is 0 Å². The topological polar surface area (TPSA) is 115 Å². The monoisotopic (exact) mass is 297 g/mol. The molecule has 0 aromatic carbocycles. The van der Waals surface area contributed by atoms with Crippen LogP contribution in [-0.4, -0.2) is 40.7 Å². The van der Waals surface area contributed by atoms with Gasteiger partial charge in [-0.2, -0.15) is 0 Å². The number of carboxylic acid groups (broad SMARTS) is 1. The summed E-state index contributed by atoms with van der Waals surface area (Å²) in [6.45, 7) is 3.82. The minimum Gasteiger partial charge on any atom is -0.478 e. The van der Waals surface area contributed by atoms with Gasteiger partial charge in [0, 0.05) is 32.0 Å². The summed E-state index contributed by atoms with van der Waals surface area (Å²) in [5, 5.41) is 22.5. The molecule has 0 amide bonds. The van der Waals surface area contributed by atoms with Crippen molar-refractivity contribution in [3.05, 3.63) is 27.9 Å². The van der Waals surface area contributed by atoms with E-state index in [1.807, 2.05) is 0 Å². The maximum Gasteiger partial charge on any atom is 0.337 e. The van der Waals surface area contributed by atoms with Crippen molar-refractivity contribution in [2.75, 3.05) is 25.1 Å². The van der Waals surface area contributed by atoms with Crippen molar-refractivity contribution in [2.45, 2.75) is 26.2 Å². The number of anilines is 1. The first-order valence-electron chi connectivity index (χ1n) is 6.75. The summed E-state index contributed by atoms with van der Waals surface area (Å²) in [4.78, 5) is 24.8. The Bertz CT molecular complexity index is 493. The lowest BCUT2D eigenvalue weighted by atomic mass is 10.2. The van der Waals surface area contributed by atoms with E-state index in [4.69, 9.17) is 9.84 Å². The Morgan fingerprint density at radius 1 is 1.48 bits per heavy atom. The predicted molar refractivity (Wildman–Crippen MR) is 76.7 cm³/mol. The normalized spacial score (nSPS) is 10.3. The van der Waals surface area contributed by atoms with Crippen LogP contribution in [0.4, 0.5) is 11.5 Å². The highest BCUT2D eigenvalue weighted by molar-refractivity contribution is 5.88. The number of pyridine rings is 1. The molecule has 1 aromatic rings. The maximum atomic E-state index is 10.9. The first-order chi connectivity index (χ1) is 10.1. The first kappa shape index (κ1) is 16.8. The van der Waals surface area contributed by atoms with E-state index in [-0.39, 0.29) is 17.1 Å². The van der Waals surface area contributed by atoms with Crippen molar-refractivity contribution in [2.24, 2.45) is 0 Å². The number of unbranched alkanes of at least 4 members (excludes halogenated alkanes) is 1. The van der Waals surface area contributed by atoms with E-state index >= 15 is 0 Å². The fourth-order valence-electron chi connectivity index (χ4n) is 1.57. The van der Waals surface area contributed by atoms with Crippen LogP contribution in [0.3, 0.4) is 0 Å². The fraction of sp³-hybridized carbons (Fsp3) is 0.538. The van der Waals surface area contributed by atoms with Gasteiger partial charge in [0.05, 0.1) is 10.5 Å². The number of nitro groups is 1. The van der Waals surface area contributed by atoms with Crippen molar-refractivity contribution in [3.8, 4) is 0 Å². The average molecular weight is 297 g/mol. The Morgan fingerprint density at radius 3 is 2.81 bits per heavy atom. The molecule has 0 spiro atoms. The minimum atomic E-state index is -1.25. The summed E-state index contributed by atoms with van der Waals surface area (Å²) in [5.74, 6) is -1.18. The van der Waals surface area contributed by atoms with E-state index in [1.165, 1.54) is 0 Å². The molecule has 8 heteroatoms. The van der Waals surface area contributed by atoms with Gasteiger partial charge in [-0.25, -0.2) is 9.78 Å². The van der Waals surface area contributed by atoms with Gasteiger partial charge in [-0.15, -0.1) is 0 Å². The lowest BCUT2D eigenvalue weighted by Crippen LogP contribution is -2.10. The van der Waals surface area contributed by atoms with Gasteiger partial charge in [0.1, 0.15) is 0 Å². The number of hydrogen-bond donors (Lipinski definition) is 2. The highest BCUT2D eigenvalue weighted by Gasteiger charge is 2.18. The van der Waals surface area contributed by atoms with Gasteiger partial charge in [0.25, 0.3) is 0 Å². The van der Waals surface area contributed by atoms with E-state index in [0.29, 0.717) is 26.2 Å². The van der Waals surface area contributed by atoms with E-state index in [2.05, 4.69) is 17.2 Å². The van der Waals surface area contributed by atoms with E-state index < -0.39 is 10.9 Å². The molecule has 1 rings (SSSR count). The van der Waals surface area contributed by atoms with Gasteiger partial charge in [-0.1, -0.05) is 13.3 Å². The number of aromatic nitrogens is 1. The highest BCUT2D eigenvalue weighted by Crippen LogP contribution is 2.22. The quantitative estimate of drug-likeness (QED) is 0.387. The summed E-state index contributed by atoms with van der Waals surface area (Å²) in [7, 11) is 0. The van der Waals surface area contributed by atoms with Crippen LogP contribution in [0.15, 0.2) is 12.3 Å². The number of carboxylic acids is 1. The summed E-state index contributed by atoms with van der Waals surface area (Å²) >= 11 is 0. The molecule has 116 valence electrons. The number of nitrogens with zero attached hydrogens (tertiary/aromatic N) is 2. The molecule has 0 saturated heterocycles. The largest absolute Gasteiger partial charge is 0.478 e. The molecule has 0 fully saturated rings. The molecule has 0 saturated carbocycles. The second-order valence-electron chi connectivity index (χ2n) is 4.40. The molecule has 0 aliphatic carbocycles. The third-order valence-electron chi connectivity index (χ3n) is 2.71. The van der Waals surface area contributed by atoms with Crippen LogP contribution in [0.5, 0.6) is 0 Å². The van der Waals surface area contributed by atoms with E-state index in [1.54, 1.807) is 0 Å². The highest BCUT2D eigenvalue weighted by atomic mass is 16.6. The molecule has 21 heavy (non-hydrogen) atoms. The maximum absolute atomic E-state index is 10.9. The SMILES string of the molecule is CCCCOCCCNc1ncc(C(=O)O)cc1[N+](=O)[O-]. The number of aromatic carboxylic acids is 1. The summed E-state index contributed by atoms with van der Waals surface area (Å²) < 4.78 is 5.37. The van der Waals surface area contributed by atoms with E-state index in [9.17, 15) is 14.9 Å². The van der Waals surface area contributed by atoms with Crippen molar-refractivity contribution in [1.82, 2.24) is 4.98 Å². The number of nitrogens with one attached hydrogen (secondary N) is 1. The van der Waals surface area contributed by atoms with Crippen LogP contribution in [0.2, 0.25) is 0 Å². The van der Waals surface area contributed by atoms with Gasteiger partial charge in [-0.05, 0) is 12.8 Å². The molecular formula is C13H19N3O5. The molecule has 0 radical (unpaired) electrons. The third kappa shape index (κ3) is 5.74. The van der Waals surface area contributed by atoms with Gasteiger partial charge in [-0.3, -0.25) is 10.1 Å². The summed E-state index contributed by atoms with van der Waals surface area (Å²) in [5.41, 5.74) is -0.558. The molecule has 2 N–H and O–H groups in total. The van der Waals surface area contributed by atoms with Gasteiger partial charge in [0.2, 0.25) is 5.82 Å². The Hall–Kier alpha value is -2.22. The summed E-state index contributed by atoms with van der Waals surface area (Å²) in [6, 6.07) is 0.995. The second kappa shape index (κ2) is 8.85. The van der Waals surface area contributed by atoms with Crippen LogP contribution >= 0.6 is 0 Å². The predicted octanol–water partition coefficient (Wildman–Crippen LogP) is 2.31. The fourth-order valence-corrected chi connectivity index (χ4v) is 1.57. The van der Waals surface area contributed by atoms with Crippen molar-refractivity contribution in [1.29, 1.82) is 0 Å². The van der Waals surface area contributed by atoms with E-state index in [0.717, 1.165) is 25.1 Å². The molecule has 8 nitrogen and oxygen atoms in total. The zero-order valence-corrected chi connectivity index (χ0v) is 11.9. The zero-order valence-electron chi connectivity index (χ0n) is 11.9. The Morgan fingerprint density at radius 2 is 2.19 bits per heavy atom. The number of ether oxygens (including phenoxy) is 1. The van der Waals surface area contributed by atoms with Crippen LogP contribution < -0.4 is 5.32 Å². The molecule has 0 aliphatic rings. The average Bonchev–Trinajstić information content (AvgIpc) is 2.46. The molecule has 0 aliphatic heterocycles. The second-order valence-corrected chi connectivity index (χ2v) is 4.40. The van der Waals surface area contributed by atoms with Crippen LogP contribution in [0, 0.1) is 10.1 Å². The number of hydrogen-bond acceptors (Lipinski definition) is 6. The molecule has 1 aromatic heterocycles. The van der Waals surface area contributed by atoms with Gasteiger partial charge < -0.3 is 15.2 Å². The molecule has 0 atom stereocenters. The van der Waals surface area contributed by atoms with Crippen molar-refractivity contribution in [3.63, 3.8) is 0 Å². The van der Waals surface area contributed by atoms with Gasteiger partial charge >= 0.3 is 11.7 Å². The van der Waals surface area contributed by atoms with Crippen molar-refractivity contribution >= 4 is 17.5 Å². The Kier molecular flexibility index (Phi) is 7.10. The smallest absolute Gasteiger partial charge is 0.337 e. The number of rotatable bonds is 10. The molecular weight excluding hydrogens is 278 g/mol. The first-order valence-corrected chi connectivity index (χ1v) is 6.75. The Balaban J connectivity index is 2.51. The molecule has 1 heterocycles. The van der Waals surface area contributed by atoms with Gasteiger partial charge in [0.15, 0.2) is 0 Å². The zero-order chi connectivity index (χ0) is 15.7. The summed E-state index contributed by atoms with van der Waals surface area (Å²) in [6.07, 6.45) is 3.86. The standard InChI is InChI=1S/C13H19N3O5/c1-2-3-6-21-7-4-5-14-12-11(16(19)20)8-10(9-15-12)13(17)18/h8-9H,2-7H2,1H3,(H,14,15)(H,17,18). The third-order valence-corrected chi connectivity index (χ3v) is 2.71. The number of carbonyl (C=O) groups is 1. The lowest BCUT2D eigenvalue weighted by Gasteiger charge is -2.07.